The van der Waals surface area contributed by atoms with Crippen molar-refractivity contribution in [3.63, 3.8) is 0 Å². The van der Waals surface area contributed by atoms with Crippen molar-refractivity contribution < 1.29 is 56.1 Å². The van der Waals surface area contributed by atoms with Crippen LogP contribution in [0.3, 0.4) is 0 Å². The van der Waals surface area contributed by atoms with Crippen LogP contribution >= 0.6 is 11.6 Å². The molecule has 0 saturated carbocycles. The number of benzene rings is 4. The highest BCUT2D eigenvalue weighted by Gasteiger charge is 2.47. The molecule has 0 spiro atoms. The van der Waals surface area contributed by atoms with E-state index in [9.17, 15) is 38.9 Å². The average Bonchev–Trinajstić information content (AvgIpc) is 3.71. The molecule has 4 aliphatic heterocycles. The third kappa shape index (κ3) is 7.98. The molecule has 4 aliphatic rings. The molecule has 4 heterocycles. The summed E-state index contributed by atoms with van der Waals surface area (Å²) in [5.41, 5.74) is 5.75. The lowest BCUT2D eigenvalue weighted by Crippen LogP contribution is -2.38. The Morgan fingerprint density at radius 3 is 1.95 bits per heavy atom. The van der Waals surface area contributed by atoms with Gasteiger partial charge in [0.1, 0.15) is 11.4 Å². The Kier molecular flexibility index (Phi) is 12.1. The molecule has 4 aromatic rings. The summed E-state index contributed by atoms with van der Waals surface area (Å²) in [5, 5.41) is 2.67. The molecular weight excluding hydrogens is 926 g/mol. The third-order valence-corrected chi connectivity index (χ3v) is 16.0. The van der Waals surface area contributed by atoms with Gasteiger partial charge in [-0.1, -0.05) is 43.7 Å². The minimum absolute atomic E-state index is 0.0456. The lowest BCUT2D eigenvalue weighted by atomic mass is 9.78. The zero-order chi connectivity index (χ0) is 47.2. The van der Waals surface area contributed by atoms with Crippen LogP contribution < -0.4 is 4.90 Å². The van der Waals surface area contributed by atoms with Gasteiger partial charge in [-0.15, -0.1) is 12.6 Å². The minimum Gasteiger partial charge on any atom is -0.344 e. The van der Waals surface area contributed by atoms with E-state index >= 15 is 0 Å². The molecule has 4 aromatic carbocycles. The van der Waals surface area contributed by atoms with E-state index in [0.717, 1.165) is 69.2 Å². The summed E-state index contributed by atoms with van der Waals surface area (Å²) in [6.07, 6.45) is 10.0. The number of fused-ring (bicyclic) bond motifs is 8. The first-order valence-corrected chi connectivity index (χ1v) is 25.9. The van der Waals surface area contributed by atoms with Crippen LogP contribution in [0.5, 0.6) is 0 Å². The second-order valence-electron chi connectivity index (χ2n) is 17.1. The predicted molar refractivity (Wildman–Crippen MR) is 244 cm³/mol. The molecule has 2 atom stereocenters. The van der Waals surface area contributed by atoms with Crippen LogP contribution in [0.1, 0.15) is 65.5 Å². The van der Waals surface area contributed by atoms with Crippen molar-refractivity contribution in [3.8, 4) is 0 Å². The van der Waals surface area contributed by atoms with E-state index in [2.05, 4.69) is 60.4 Å². The van der Waals surface area contributed by atoms with Crippen molar-refractivity contribution in [3.05, 3.63) is 112 Å². The van der Waals surface area contributed by atoms with Gasteiger partial charge in [-0.05, 0) is 129 Å². The summed E-state index contributed by atoms with van der Waals surface area (Å²) in [7, 11) is -15.1. The van der Waals surface area contributed by atoms with E-state index in [-0.39, 0.29) is 27.8 Å². The smallest absolute Gasteiger partial charge is 0.344 e. The van der Waals surface area contributed by atoms with E-state index in [1.165, 1.54) is 12.1 Å². The van der Waals surface area contributed by atoms with E-state index in [1.54, 1.807) is 24.3 Å². The van der Waals surface area contributed by atoms with Gasteiger partial charge in [0.2, 0.25) is 5.69 Å². The number of nitrogens with zero attached hydrogens (tertiary/aromatic N) is 3. The molecule has 0 aliphatic carbocycles. The molecule has 2 unspecified atom stereocenters. The Bertz CT molecular complexity index is 3330. The fourth-order valence-electron chi connectivity index (χ4n) is 10.3. The van der Waals surface area contributed by atoms with Crippen LogP contribution in [0.15, 0.2) is 115 Å². The largest absolute Gasteiger partial charge is 0.425 e. The predicted octanol–water partition coefficient (Wildman–Crippen LogP) is 7.28. The Hall–Kier alpha value is -4.57. The molecule has 0 aromatic heterocycles. The average molecular weight is 974 g/mol. The second kappa shape index (κ2) is 16.4. The summed E-state index contributed by atoms with van der Waals surface area (Å²) in [6, 6.07) is 14.1. The summed E-state index contributed by atoms with van der Waals surface area (Å²) in [4.78, 5) is 3.15. The SMILES string of the molecule is CCN1C(=CC=C2C(Cl)=C(C=CC3=[N+](CC)c4ccc5c(S(=O)(=O)O)cc(S(=O)(=O)O)cc5c4C3(C)C)C3CCC2N3C)C(C)(C)c2c1ccc1ccc(S(=O)(=O)O)cc21.O=S(=O)=O. The van der Waals surface area contributed by atoms with E-state index in [4.69, 9.17) is 24.2 Å². The summed E-state index contributed by atoms with van der Waals surface area (Å²) < 4.78 is 131. The highest BCUT2D eigenvalue weighted by atomic mass is 35.5. The summed E-state index contributed by atoms with van der Waals surface area (Å²) in [5.74, 6) is 0. The van der Waals surface area contributed by atoms with Crippen molar-refractivity contribution in [2.75, 3.05) is 25.0 Å². The molecule has 8 rings (SSSR count). The number of hydrogen-bond acceptors (Lipinski definition) is 11. The molecule has 3 N–H and O–H groups in total. The second-order valence-corrected chi connectivity index (χ2v) is 22.1. The molecular formula is C44H47ClN3O12S4+. The minimum atomic E-state index is -4.87. The number of anilines is 1. The van der Waals surface area contributed by atoms with Crippen molar-refractivity contribution in [1.82, 2.24) is 4.90 Å². The Balaban J connectivity index is 0.00000147. The van der Waals surface area contributed by atoms with Gasteiger partial charge in [-0.25, -0.2) is 0 Å². The monoisotopic (exact) mass is 972 g/mol. The van der Waals surface area contributed by atoms with Gasteiger partial charge in [-0.2, -0.15) is 29.8 Å². The van der Waals surface area contributed by atoms with Gasteiger partial charge in [0.15, 0.2) is 5.71 Å². The quantitative estimate of drug-likeness (QED) is 0.117. The van der Waals surface area contributed by atoms with Crippen LogP contribution in [-0.4, -0.2) is 98.9 Å². The van der Waals surface area contributed by atoms with Gasteiger partial charge < -0.3 is 4.90 Å². The van der Waals surface area contributed by atoms with Crippen molar-refractivity contribution in [1.29, 1.82) is 0 Å². The van der Waals surface area contributed by atoms with Crippen molar-refractivity contribution in [2.45, 2.75) is 92.0 Å². The maximum absolute atomic E-state index is 12.5. The van der Waals surface area contributed by atoms with Gasteiger partial charge in [-0.3, -0.25) is 18.6 Å². The first-order valence-electron chi connectivity index (χ1n) is 20.2. The third-order valence-electron chi connectivity index (χ3n) is 13.0. The lowest BCUT2D eigenvalue weighted by Gasteiger charge is -2.34. The number of rotatable bonds is 8. The molecule has 1 fully saturated rings. The van der Waals surface area contributed by atoms with Crippen molar-refractivity contribution in [2.24, 2.45) is 0 Å². The Labute approximate surface area is 379 Å². The van der Waals surface area contributed by atoms with Gasteiger partial charge in [0.25, 0.3) is 30.4 Å². The normalized spacial score (nSPS) is 22.0. The molecule has 340 valence electrons. The van der Waals surface area contributed by atoms with E-state index < -0.39 is 61.6 Å². The van der Waals surface area contributed by atoms with Crippen LogP contribution in [0, 0.1) is 0 Å². The van der Waals surface area contributed by atoms with Crippen LogP contribution in [0.4, 0.5) is 11.4 Å². The fourth-order valence-corrected chi connectivity index (χ4v) is 12.5. The molecule has 64 heavy (non-hydrogen) atoms. The van der Waals surface area contributed by atoms with E-state index in [0.29, 0.717) is 23.7 Å². The number of likely N-dealkylation sites (N-methyl/N-ethyl adjacent to an activating group) is 2. The maximum Gasteiger partial charge on any atom is 0.425 e. The number of halogens is 1. The van der Waals surface area contributed by atoms with E-state index in [1.807, 2.05) is 39.0 Å². The highest BCUT2D eigenvalue weighted by Crippen LogP contribution is 2.52. The van der Waals surface area contributed by atoms with Crippen LogP contribution in [0.2, 0.25) is 0 Å². The Morgan fingerprint density at radius 2 is 1.36 bits per heavy atom. The fraction of sp³-hybridized carbons (Fsp3) is 0.341. The van der Waals surface area contributed by atoms with Crippen molar-refractivity contribution >= 4 is 91.2 Å². The van der Waals surface area contributed by atoms with Crippen LogP contribution in [0.25, 0.3) is 21.5 Å². The summed E-state index contributed by atoms with van der Waals surface area (Å²) >= 11 is 7.44. The molecule has 0 radical (unpaired) electrons. The summed E-state index contributed by atoms with van der Waals surface area (Å²) in [6.45, 7) is 13.4. The number of hydrogen-bond donors (Lipinski definition) is 3. The zero-order valence-corrected chi connectivity index (χ0v) is 39.9. The maximum atomic E-state index is 12.5. The lowest BCUT2D eigenvalue weighted by molar-refractivity contribution is -0.433. The topological polar surface area (TPSA) is 224 Å². The highest BCUT2D eigenvalue weighted by molar-refractivity contribution is 7.87. The molecule has 20 heteroatoms. The standard InChI is InChI=1S/C44H46ClN3O9S3.O3S/c1-8-47-35-16-11-25-10-12-26(58(49,50)51)22-31(25)40(35)43(3,4)38(47)20-14-29-33-18-19-34(46(33)7)30(42(29)45)15-21-39-44(5,6)41-32-23-27(59(52,53)54)24-37(60(55,56)57)28(32)13-17-36(41)48(39)9-2;1-4(2)3/h10-17,20-24,33-34H,8-9,18-19H2,1-7H3,(H2-,49,50,51,52,53,54,55,56,57);/p+1. The van der Waals surface area contributed by atoms with Crippen LogP contribution in [-0.2, 0) is 51.8 Å². The molecule has 1 saturated heterocycles. The zero-order valence-electron chi connectivity index (χ0n) is 35.9. The molecule has 2 bridgehead atoms. The number of allylic oxidation sites excluding steroid dienone is 4. The molecule has 0 amide bonds. The first kappa shape index (κ1) is 47.4. The first-order chi connectivity index (χ1) is 29.7. The molecule has 15 nitrogen and oxygen atoms in total. The van der Waals surface area contributed by atoms with Gasteiger partial charge >= 0.3 is 10.6 Å². The van der Waals surface area contributed by atoms with Gasteiger partial charge in [0.05, 0.1) is 20.2 Å². The van der Waals surface area contributed by atoms with Gasteiger partial charge in [0, 0.05) is 58.5 Å². The Morgan fingerprint density at radius 1 is 0.750 bits per heavy atom.